The van der Waals surface area contributed by atoms with Gasteiger partial charge in [-0.05, 0) is 45.7 Å². The fraction of sp³-hybridized carbons (Fsp3) is 1.00. The van der Waals surface area contributed by atoms with Crippen molar-refractivity contribution in [2.75, 3.05) is 20.1 Å². The third-order valence-corrected chi connectivity index (χ3v) is 3.95. The van der Waals surface area contributed by atoms with Crippen LogP contribution in [-0.2, 0) is 0 Å². The van der Waals surface area contributed by atoms with Gasteiger partial charge in [0.2, 0.25) is 0 Å². The van der Waals surface area contributed by atoms with Crippen LogP contribution in [-0.4, -0.2) is 37.1 Å². The highest BCUT2D eigenvalue weighted by Crippen LogP contribution is 2.25. The molecule has 0 aromatic carbocycles. The Morgan fingerprint density at radius 1 is 1.40 bits per heavy atom. The molecule has 3 atom stereocenters. The van der Waals surface area contributed by atoms with Gasteiger partial charge in [-0.1, -0.05) is 20.3 Å². The van der Waals surface area contributed by atoms with Crippen LogP contribution in [0.2, 0.25) is 0 Å². The second-order valence-corrected chi connectivity index (χ2v) is 5.10. The number of nitrogens with one attached hydrogen (secondary N) is 1. The topological polar surface area (TPSA) is 15.3 Å². The number of likely N-dealkylation sites (tertiary alicyclic amines) is 1. The maximum absolute atomic E-state index is 3.34. The van der Waals surface area contributed by atoms with Gasteiger partial charge in [-0.25, -0.2) is 0 Å². The van der Waals surface area contributed by atoms with Crippen molar-refractivity contribution < 1.29 is 0 Å². The lowest BCUT2D eigenvalue weighted by Gasteiger charge is -2.43. The van der Waals surface area contributed by atoms with Crippen LogP contribution in [0.5, 0.6) is 0 Å². The molecule has 0 bridgehead atoms. The minimum Gasteiger partial charge on any atom is -0.318 e. The van der Waals surface area contributed by atoms with Crippen LogP contribution in [0, 0.1) is 5.92 Å². The van der Waals surface area contributed by atoms with Gasteiger partial charge in [0.15, 0.2) is 0 Å². The molecule has 1 N–H and O–H groups in total. The highest BCUT2D eigenvalue weighted by atomic mass is 15.2. The SMILES string of the molecule is CCCC(CNC)N1CCCC(C)C1C. The third kappa shape index (κ3) is 3.46. The average Bonchev–Trinajstić information content (AvgIpc) is 2.22. The van der Waals surface area contributed by atoms with Crippen molar-refractivity contribution in [1.82, 2.24) is 10.2 Å². The van der Waals surface area contributed by atoms with E-state index in [1.165, 1.54) is 32.2 Å². The molecule has 2 nitrogen and oxygen atoms in total. The molecule has 2 heteroatoms. The maximum atomic E-state index is 3.34. The molecule has 1 heterocycles. The Labute approximate surface area is 95.4 Å². The molecular weight excluding hydrogens is 184 g/mol. The molecular formula is C13H28N2. The predicted octanol–water partition coefficient (Wildman–Crippen LogP) is 2.49. The van der Waals surface area contributed by atoms with Crippen molar-refractivity contribution in [2.45, 2.75) is 58.5 Å². The summed E-state index contributed by atoms with van der Waals surface area (Å²) in [6, 6.07) is 1.52. The van der Waals surface area contributed by atoms with E-state index in [0.717, 1.165) is 24.5 Å². The highest BCUT2D eigenvalue weighted by molar-refractivity contribution is 4.84. The molecule has 1 aliphatic heterocycles. The summed E-state index contributed by atoms with van der Waals surface area (Å²) in [5, 5.41) is 3.34. The van der Waals surface area contributed by atoms with Crippen LogP contribution in [0.1, 0.15) is 46.5 Å². The minimum atomic E-state index is 0.748. The zero-order valence-corrected chi connectivity index (χ0v) is 10.9. The summed E-state index contributed by atoms with van der Waals surface area (Å²) in [6.07, 6.45) is 5.42. The lowest BCUT2D eigenvalue weighted by Crippen LogP contribution is -2.51. The van der Waals surface area contributed by atoms with Crippen LogP contribution in [0.15, 0.2) is 0 Å². The normalized spacial score (nSPS) is 30.4. The second kappa shape index (κ2) is 6.49. The smallest absolute Gasteiger partial charge is 0.0223 e. The number of hydrogen-bond donors (Lipinski definition) is 1. The fourth-order valence-corrected chi connectivity index (χ4v) is 2.84. The number of nitrogens with zero attached hydrogens (tertiary/aromatic N) is 1. The molecule has 0 saturated carbocycles. The van der Waals surface area contributed by atoms with Crippen molar-refractivity contribution in [1.29, 1.82) is 0 Å². The Bertz CT molecular complexity index is 164. The molecule has 0 amide bonds. The van der Waals surface area contributed by atoms with Gasteiger partial charge >= 0.3 is 0 Å². The molecule has 90 valence electrons. The van der Waals surface area contributed by atoms with E-state index in [9.17, 15) is 0 Å². The molecule has 1 fully saturated rings. The van der Waals surface area contributed by atoms with Gasteiger partial charge in [0.1, 0.15) is 0 Å². The van der Waals surface area contributed by atoms with E-state index in [1.807, 2.05) is 0 Å². The Balaban J connectivity index is 2.55. The number of likely N-dealkylation sites (N-methyl/N-ethyl adjacent to an activating group) is 1. The fourth-order valence-electron chi connectivity index (χ4n) is 2.84. The monoisotopic (exact) mass is 212 g/mol. The summed E-state index contributed by atoms with van der Waals surface area (Å²) in [6.45, 7) is 9.55. The Hall–Kier alpha value is -0.0800. The Morgan fingerprint density at radius 2 is 2.13 bits per heavy atom. The van der Waals surface area contributed by atoms with E-state index < -0.39 is 0 Å². The molecule has 0 spiro atoms. The van der Waals surface area contributed by atoms with Gasteiger partial charge < -0.3 is 5.32 Å². The lowest BCUT2D eigenvalue weighted by atomic mass is 9.90. The summed E-state index contributed by atoms with van der Waals surface area (Å²) in [5.41, 5.74) is 0. The first-order valence-electron chi connectivity index (χ1n) is 6.61. The standard InChI is InChI=1S/C13H28N2/c1-5-7-13(10-14-4)15-9-6-8-11(2)12(15)3/h11-14H,5-10H2,1-4H3. The molecule has 1 aliphatic rings. The Morgan fingerprint density at radius 3 is 2.73 bits per heavy atom. The van der Waals surface area contributed by atoms with Gasteiger partial charge in [0.25, 0.3) is 0 Å². The lowest BCUT2D eigenvalue weighted by molar-refractivity contribution is 0.0641. The van der Waals surface area contributed by atoms with Crippen LogP contribution in [0.3, 0.4) is 0 Å². The minimum absolute atomic E-state index is 0.748. The quantitative estimate of drug-likeness (QED) is 0.753. The third-order valence-electron chi connectivity index (χ3n) is 3.95. The van der Waals surface area contributed by atoms with E-state index in [1.54, 1.807) is 0 Å². The molecule has 1 saturated heterocycles. The molecule has 0 aliphatic carbocycles. The van der Waals surface area contributed by atoms with Crippen molar-refractivity contribution in [3.8, 4) is 0 Å². The average molecular weight is 212 g/mol. The van der Waals surface area contributed by atoms with E-state index in [0.29, 0.717) is 0 Å². The van der Waals surface area contributed by atoms with Gasteiger partial charge in [-0.15, -0.1) is 0 Å². The van der Waals surface area contributed by atoms with E-state index in [-0.39, 0.29) is 0 Å². The van der Waals surface area contributed by atoms with Crippen LogP contribution in [0.25, 0.3) is 0 Å². The van der Waals surface area contributed by atoms with E-state index in [2.05, 4.69) is 38.0 Å². The van der Waals surface area contributed by atoms with Crippen molar-refractivity contribution in [3.63, 3.8) is 0 Å². The molecule has 0 radical (unpaired) electrons. The second-order valence-electron chi connectivity index (χ2n) is 5.10. The number of hydrogen-bond acceptors (Lipinski definition) is 2. The molecule has 0 aromatic heterocycles. The zero-order chi connectivity index (χ0) is 11.3. The van der Waals surface area contributed by atoms with Gasteiger partial charge in [0, 0.05) is 18.6 Å². The van der Waals surface area contributed by atoms with Crippen molar-refractivity contribution in [3.05, 3.63) is 0 Å². The van der Waals surface area contributed by atoms with Crippen molar-refractivity contribution in [2.24, 2.45) is 5.92 Å². The maximum Gasteiger partial charge on any atom is 0.0223 e. The van der Waals surface area contributed by atoms with Crippen LogP contribution < -0.4 is 5.32 Å². The van der Waals surface area contributed by atoms with Crippen molar-refractivity contribution >= 4 is 0 Å². The van der Waals surface area contributed by atoms with Gasteiger partial charge in [0.05, 0.1) is 0 Å². The van der Waals surface area contributed by atoms with E-state index >= 15 is 0 Å². The highest BCUT2D eigenvalue weighted by Gasteiger charge is 2.29. The molecule has 1 rings (SSSR count). The number of piperidine rings is 1. The van der Waals surface area contributed by atoms with Crippen LogP contribution >= 0.6 is 0 Å². The summed E-state index contributed by atoms with van der Waals surface area (Å²) in [7, 11) is 2.07. The molecule has 15 heavy (non-hydrogen) atoms. The summed E-state index contributed by atoms with van der Waals surface area (Å²) < 4.78 is 0. The summed E-state index contributed by atoms with van der Waals surface area (Å²) in [4.78, 5) is 2.73. The Kier molecular flexibility index (Phi) is 5.62. The molecule has 3 unspecified atom stereocenters. The summed E-state index contributed by atoms with van der Waals surface area (Å²) >= 11 is 0. The first kappa shape index (κ1) is 13.0. The summed E-state index contributed by atoms with van der Waals surface area (Å²) in [5.74, 6) is 0.870. The van der Waals surface area contributed by atoms with Crippen LogP contribution in [0.4, 0.5) is 0 Å². The molecule has 0 aromatic rings. The first-order valence-corrected chi connectivity index (χ1v) is 6.61. The largest absolute Gasteiger partial charge is 0.318 e. The van der Waals surface area contributed by atoms with E-state index in [4.69, 9.17) is 0 Å². The van der Waals surface area contributed by atoms with Gasteiger partial charge in [-0.3, -0.25) is 4.90 Å². The first-order chi connectivity index (χ1) is 7.20. The number of rotatable bonds is 5. The predicted molar refractivity (Wildman–Crippen MR) is 67.2 cm³/mol. The van der Waals surface area contributed by atoms with Gasteiger partial charge in [-0.2, -0.15) is 0 Å². The zero-order valence-electron chi connectivity index (χ0n) is 10.9.